The predicted octanol–water partition coefficient (Wildman–Crippen LogP) is 4.45. The third kappa shape index (κ3) is 10.8. The van der Waals surface area contributed by atoms with Crippen LogP contribution in [0, 0.1) is 40.8 Å². The van der Waals surface area contributed by atoms with E-state index in [2.05, 4.69) is 6.92 Å². The summed E-state index contributed by atoms with van der Waals surface area (Å²) in [6.45, 7) is 2.21. The minimum atomic E-state index is -4.47. The Bertz CT molecular complexity index is 433. The van der Waals surface area contributed by atoms with E-state index in [0.29, 0.717) is 5.75 Å². The summed E-state index contributed by atoms with van der Waals surface area (Å²) in [5, 5.41) is 0. The Kier molecular flexibility index (Phi) is 12.3. The van der Waals surface area contributed by atoms with Gasteiger partial charge in [-0.3, -0.25) is 9.79 Å². The molecule has 0 unspecified atom stereocenters. The third-order valence-electron chi connectivity index (χ3n) is 3.24. The van der Waals surface area contributed by atoms with E-state index in [0.717, 1.165) is 24.8 Å². The topological polar surface area (TPSA) is 66.8 Å². The van der Waals surface area contributed by atoms with Crippen LogP contribution >= 0.6 is 7.82 Å². The van der Waals surface area contributed by atoms with Gasteiger partial charge < -0.3 is 4.52 Å². The van der Waals surface area contributed by atoms with Gasteiger partial charge in [-0.1, -0.05) is 63.6 Å². The van der Waals surface area contributed by atoms with Crippen molar-refractivity contribution in [1.29, 1.82) is 0 Å². The molecule has 0 bridgehead atoms. The fourth-order valence-electron chi connectivity index (χ4n) is 2.20. The van der Waals surface area contributed by atoms with Crippen LogP contribution < -0.4 is 4.52 Å². The number of rotatable bonds is 10. The smallest absolute Gasteiger partial charge is 0.404 e. The molecule has 21 heavy (non-hydrogen) atoms. The number of hydrogen-bond acceptors (Lipinski definition) is 2. The number of phosphoric ester groups is 1. The van der Waals surface area contributed by atoms with Crippen LogP contribution in [0.15, 0.2) is 24.3 Å². The molecule has 0 spiro atoms. The summed E-state index contributed by atoms with van der Waals surface area (Å²) in [5.74, 6) is 0.298. The molecule has 1 aromatic rings. The SMILES string of the molecule is CCCCCCCCCc1ccccc1OP(=O)(O)O.[Nd]. The van der Waals surface area contributed by atoms with E-state index in [1.54, 1.807) is 12.1 Å². The zero-order valence-corrected chi connectivity index (χ0v) is 16.7. The zero-order valence-electron chi connectivity index (χ0n) is 12.6. The molecule has 1 rings (SSSR count). The van der Waals surface area contributed by atoms with Crippen molar-refractivity contribution < 1.29 is 59.7 Å². The van der Waals surface area contributed by atoms with Crippen molar-refractivity contribution in [2.75, 3.05) is 0 Å². The minimum Gasteiger partial charge on any atom is -0.404 e. The number of aryl methyl sites for hydroxylation is 1. The summed E-state index contributed by atoms with van der Waals surface area (Å²) in [5.41, 5.74) is 0.865. The van der Waals surface area contributed by atoms with Gasteiger partial charge in [0.05, 0.1) is 0 Å². The summed E-state index contributed by atoms with van der Waals surface area (Å²) in [4.78, 5) is 17.8. The van der Waals surface area contributed by atoms with Crippen molar-refractivity contribution in [3.8, 4) is 5.75 Å². The van der Waals surface area contributed by atoms with Gasteiger partial charge in [-0.25, -0.2) is 4.57 Å². The maximum absolute atomic E-state index is 10.9. The molecule has 2 N–H and O–H groups in total. The number of para-hydroxylation sites is 1. The predicted molar refractivity (Wildman–Crippen MR) is 80.8 cm³/mol. The van der Waals surface area contributed by atoms with Gasteiger partial charge in [0.1, 0.15) is 5.75 Å². The molecule has 0 saturated heterocycles. The van der Waals surface area contributed by atoms with E-state index < -0.39 is 7.82 Å². The number of benzene rings is 1. The average Bonchev–Trinajstić information content (AvgIpc) is 2.38. The molecule has 0 radical (unpaired) electrons. The Morgan fingerprint density at radius 2 is 1.57 bits per heavy atom. The Balaban J connectivity index is 0.00000400. The second-order valence-corrected chi connectivity index (χ2v) is 6.22. The number of hydrogen-bond donors (Lipinski definition) is 2. The molecule has 0 aliphatic heterocycles. The first-order valence-electron chi connectivity index (χ1n) is 7.36. The molecule has 0 aliphatic rings. The normalized spacial score (nSPS) is 11.0. The summed E-state index contributed by atoms with van der Waals surface area (Å²) < 4.78 is 15.6. The summed E-state index contributed by atoms with van der Waals surface area (Å²) in [6.07, 6.45) is 9.32. The number of phosphoric acid groups is 1. The molecule has 1 aromatic carbocycles. The van der Waals surface area contributed by atoms with Gasteiger partial charge in [0.2, 0.25) is 0 Å². The Labute approximate surface area is 160 Å². The van der Waals surface area contributed by atoms with E-state index in [1.165, 1.54) is 32.1 Å². The van der Waals surface area contributed by atoms with Gasteiger partial charge in [-0.05, 0) is 24.5 Å². The summed E-state index contributed by atoms with van der Waals surface area (Å²) in [6, 6.07) is 7.06. The Morgan fingerprint density at radius 3 is 2.19 bits per heavy atom. The van der Waals surface area contributed by atoms with Crippen LogP contribution in [-0.2, 0) is 11.0 Å². The zero-order chi connectivity index (χ0) is 14.8. The van der Waals surface area contributed by atoms with Gasteiger partial charge in [-0.2, -0.15) is 0 Å². The molecular formula is C15H25NdO4P. The first-order chi connectivity index (χ1) is 9.53. The van der Waals surface area contributed by atoms with Gasteiger partial charge in [0, 0.05) is 40.8 Å². The molecule has 4 nitrogen and oxygen atoms in total. The molecule has 6 heteroatoms. The largest absolute Gasteiger partial charge is 0.524 e. The molecule has 118 valence electrons. The molecule has 0 aromatic heterocycles. The van der Waals surface area contributed by atoms with Crippen LogP contribution in [-0.4, -0.2) is 9.79 Å². The van der Waals surface area contributed by atoms with Crippen LogP contribution in [0.5, 0.6) is 5.75 Å². The van der Waals surface area contributed by atoms with Gasteiger partial charge >= 0.3 is 7.82 Å². The first kappa shape index (κ1) is 21.5. The standard InChI is InChI=1S/C15H25O4P.Nd/c1-2-3-4-5-6-7-8-11-14-12-9-10-13-15(14)19-20(16,17)18;/h9-10,12-13H,2-8,11H2,1H3,(H2,16,17,18);. The van der Waals surface area contributed by atoms with Crippen molar-refractivity contribution in [2.24, 2.45) is 0 Å². The van der Waals surface area contributed by atoms with Gasteiger partial charge in [-0.15, -0.1) is 0 Å². The second kappa shape index (κ2) is 12.0. The van der Waals surface area contributed by atoms with E-state index in [9.17, 15) is 4.57 Å². The average molecular weight is 445 g/mol. The quantitative estimate of drug-likeness (QED) is 0.413. The van der Waals surface area contributed by atoms with Crippen molar-refractivity contribution in [1.82, 2.24) is 0 Å². The van der Waals surface area contributed by atoms with Crippen LogP contribution in [0.25, 0.3) is 0 Å². The second-order valence-electron chi connectivity index (χ2n) is 5.06. The van der Waals surface area contributed by atoms with Crippen LogP contribution in [0.3, 0.4) is 0 Å². The molecular weight excluding hydrogens is 419 g/mol. The molecule has 0 aliphatic carbocycles. The van der Waals surface area contributed by atoms with Crippen LogP contribution in [0.1, 0.15) is 57.4 Å². The molecule has 0 amide bonds. The minimum absolute atomic E-state index is 0. The summed E-state index contributed by atoms with van der Waals surface area (Å²) in [7, 11) is -4.47. The molecule has 0 heterocycles. The van der Waals surface area contributed by atoms with Crippen molar-refractivity contribution in [2.45, 2.75) is 58.3 Å². The Morgan fingerprint density at radius 1 is 1.00 bits per heavy atom. The van der Waals surface area contributed by atoms with Crippen LogP contribution in [0.4, 0.5) is 0 Å². The fourth-order valence-corrected chi connectivity index (χ4v) is 2.63. The van der Waals surface area contributed by atoms with Crippen LogP contribution in [0.2, 0.25) is 0 Å². The molecule has 0 saturated carbocycles. The maximum atomic E-state index is 10.9. The van der Waals surface area contributed by atoms with Crippen molar-refractivity contribution >= 4 is 7.82 Å². The van der Waals surface area contributed by atoms with Crippen molar-refractivity contribution in [3.63, 3.8) is 0 Å². The van der Waals surface area contributed by atoms with E-state index in [1.807, 2.05) is 12.1 Å². The van der Waals surface area contributed by atoms with E-state index in [-0.39, 0.29) is 40.8 Å². The fraction of sp³-hybridized carbons (Fsp3) is 0.600. The third-order valence-corrected chi connectivity index (χ3v) is 3.67. The maximum Gasteiger partial charge on any atom is 0.524 e. The monoisotopic (exact) mass is 442 g/mol. The Hall–Kier alpha value is 0.521. The molecule has 0 fully saturated rings. The van der Waals surface area contributed by atoms with E-state index in [4.69, 9.17) is 14.3 Å². The summed E-state index contributed by atoms with van der Waals surface area (Å²) >= 11 is 0. The number of unbranched alkanes of at least 4 members (excludes halogenated alkanes) is 6. The molecule has 0 atom stereocenters. The first-order valence-corrected chi connectivity index (χ1v) is 8.89. The van der Waals surface area contributed by atoms with Crippen molar-refractivity contribution in [3.05, 3.63) is 29.8 Å². The van der Waals surface area contributed by atoms with Gasteiger partial charge in [0.15, 0.2) is 0 Å². The van der Waals surface area contributed by atoms with E-state index >= 15 is 0 Å². The van der Waals surface area contributed by atoms with Gasteiger partial charge in [0.25, 0.3) is 0 Å².